The quantitative estimate of drug-likeness (QED) is 0.869. The summed E-state index contributed by atoms with van der Waals surface area (Å²) in [7, 11) is 0. The number of rotatable bonds is 3. The maximum Gasteiger partial charge on any atom is 0.208 e. The summed E-state index contributed by atoms with van der Waals surface area (Å²) in [6.07, 6.45) is 3.59. The highest BCUT2D eigenvalue weighted by atomic mass is 32.2. The number of aryl methyl sites for hydroxylation is 1. The summed E-state index contributed by atoms with van der Waals surface area (Å²) in [5.41, 5.74) is 6.21. The van der Waals surface area contributed by atoms with E-state index in [9.17, 15) is 0 Å². The van der Waals surface area contributed by atoms with Crippen LogP contribution in [0.15, 0.2) is 5.16 Å². The second-order valence-electron chi connectivity index (χ2n) is 5.34. The van der Waals surface area contributed by atoms with Crippen molar-refractivity contribution in [1.29, 1.82) is 0 Å². The van der Waals surface area contributed by atoms with Crippen LogP contribution in [0.2, 0.25) is 0 Å². The van der Waals surface area contributed by atoms with Crippen LogP contribution in [0.5, 0.6) is 0 Å². The number of nitrogens with zero attached hydrogens (tertiary/aromatic N) is 2. The zero-order valence-corrected chi connectivity index (χ0v) is 11.6. The molecule has 3 unspecified atom stereocenters. The van der Waals surface area contributed by atoms with Crippen molar-refractivity contribution in [3.05, 3.63) is 5.82 Å². The maximum atomic E-state index is 6.21. The number of hydrogen-bond donors (Lipinski definition) is 2. The lowest BCUT2D eigenvalue weighted by molar-refractivity contribution is 0.266. The minimum Gasteiger partial charge on any atom is -0.327 e. The van der Waals surface area contributed by atoms with Gasteiger partial charge in [0.25, 0.3) is 0 Å². The molecule has 1 heterocycles. The van der Waals surface area contributed by atoms with Crippen LogP contribution in [-0.4, -0.2) is 26.5 Å². The van der Waals surface area contributed by atoms with Crippen LogP contribution in [-0.2, 0) is 0 Å². The lowest BCUT2D eigenvalue weighted by Gasteiger charge is -2.35. The average Bonchev–Trinajstić information content (AvgIpc) is 2.67. The van der Waals surface area contributed by atoms with Gasteiger partial charge in [-0.25, -0.2) is 4.98 Å². The van der Waals surface area contributed by atoms with Crippen molar-refractivity contribution in [3.63, 3.8) is 0 Å². The van der Waals surface area contributed by atoms with Gasteiger partial charge in [0, 0.05) is 11.3 Å². The Morgan fingerprint density at radius 2 is 2.18 bits per heavy atom. The molecule has 1 aliphatic rings. The van der Waals surface area contributed by atoms with E-state index in [4.69, 9.17) is 5.73 Å². The smallest absolute Gasteiger partial charge is 0.208 e. The van der Waals surface area contributed by atoms with E-state index in [1.165, 1.54) is 12.8 Å². The van der Waals surface area contributed by atoms with Gasteiger partial charge in [-0.1, -0.05) is 25.6 Å². The number of H-pyrrole nitrogens is 1. The van der Waals surface area contributed by atoms with Crippen LogP contribution in [0.4, 0.5) is 0 Å². The van der Waals surface area contributed by atoms with Gasteiger partial charge in [-0.15, -0.1) is 5.10 Å². The molecule has 5 heteroatoms. The van der Waals surface area contributed by atoms with Crippen LogP contribution in [0.3, 0.4) is 0 Å². The van der Waals surface area contributed by atoms with Crippen molar-refractivity contribution in [2.75, 3.05) is 0 Å². The molecular weight excluding hydrogens is 232 g/mol. The fourth-order valence-corrected chi connectivity index (χ4v) is 3.65. The molecular formula is C12H22N4S. The van der Waals surface area contributed by atoms with E-state index < -0.39 is 0 Å². The predicted octanol–water partition coefficient (Wildman–Crippen LogP) is 2.36. The van der Waals surface area contributed by atoms with Crippen molar-refractivity contribution in [2.45, 2.75) is 56.5 Å². The first kappa shape index (κ1) is 12.9. The first-order chi connectivity index (χ1) is 8.06. The summed E-state index contributed by atoms with van der Waals surface area (Å²) < 4.78 is 0. The van der Waals surface area contributed by atoms with Crippen LogP contribution in [0.25, 0.3) is 0 Å². The highest BCUT2D eigenvalue weighted by Gasteiger charge is 2.31. The molecule has 3 atom stereocenters. The van der Waals surface area contributed by atoms with Gasteiger partial charge in [0.05, 0.1) is 0 Å². The Morgan fingerprint density at radius 3 is 2.76 bits per heavy atom. The summed E-state index contributed by atoms with van der Waals surface area (Å²) >= 11 is 1.74. The fraction of sp³-hybridized carbons (Fsp3) is 0.833. The van der Waals surface area contributed by atoms with Crippen molar-refractivity contribution < 1.29 is 0 Å². The highest BCUT2D eigenvalue weighted by Crippen LogP contribution is 2.37. The molecule has 0 aliphatic heterocycles. The van der Waals surface area contributed by atoms with E-state index in [0.717, 1.165) is 29.2 Å². The van der Waals surface area contributed by atoms with Gasteiger partial charge in [-0.05, 0) is 38.0 Å². The van der Waals surface area contributed by atoms with Crippen LogP contribution in [0, 0.1) is 18.8 Å². The molecule has 0 radical (unpaired) electrons. The Kier molecular flexibility index (Phi) is 4.09. The fourth-order valence-electron chi connectivity index (χ4n) is 2.43. The molecule has 96 valence electrons. The minimum absolute atomic E-state index is 0.286. The third-order valence-electron chi connectivity index (χ3n) is 3.66. The molecule has 1 saturated carbocycles. The third-order valence-corrected chi connectivity index (χ3v) is 4.90. The Hall–Kier alpha value is -0.550. The molecule has 0 aromatic carbocycles. The van der Waals surface area contributed by atoms with Gasteiger partial charge >= 0.3 is 0 Å². The lowest BCUT2D eigenvalue weighted by Crippen LogP contribution is -2.39. The van der Waals surface area contributed by atoms with Gasteiger partial charge in [-0.3, -0.25) is 5.10 Å². The van der Waals surface area contributed by atoms with Crippen molar-refractivity contribution in [2.24, 2.45) is 17.6 Å². The first-order valence-corrected chi connectivity index (χ1v) is 7.25. The SMILES string of the molecule is Cc1nc(SC2CC(C(C)C)CCC2N)n[nH]1. The van der Waals surface area contributed by atoms with Crippen LogP contribution < -0.4 is 5.73 Å². The summed E-state index contributed by atoms with van der Waals surface area (Å²) in [6, 6.07) is 0.286. The average molecular weight is 254 g/mol. The van der Waals surface area contributed by atoms with Gasteiger partial charge in [0.1, 0.15) is 5.82 Å². The number of nitrogens with two attached hydrogens (primary N) is 1. The van der Waals surface area contributed by atoms with Crippen LogP contribution in [0.1, 0.15) is 38.9 Å². The zero-order valence-electron chi connectivity index (χ0n) is 10.8. The number of hydrogen-bond acceptors (Lipinski definition) is 4. The predicted molar refractivity (Wildman–Crippen MR) is 70.9 cm³/mol. The summed E-state index contributed by atoms with van der Waals surface area (Å²) in [6.45, 7) is 6.54. The largest absolute Gasteiger partial charge is 0.327 e. The van der Waals surface area contributed by atoms with E-state index in [1.807, 2.05) is 6.92 Å². The third kappa shape index (κ3) is 3.22. The molecule has 1 aliphatic carbocycles. The van der Waals surface area contributed by atoms with Gasteiger partial charge in [-0.2, -0.15) is 0 Å². The number of nitrogens with one attached hydrogen (secondary N) is 1. The number of aromatic nitrogens is 3. The normalized spacial score (nSPS) is 29.8. The van der Waals surface area contributed by atoms with Crippen molar-refractivity contribution in [1.82, 2.24) is 15.2 Å². The Bertz CT molecular complexity index is 363. The van der Waals surface area contributed by atoms with E-state index in [0.29, 0.717) is 5.25 Å². The Balaban J connectivity index is 1.98. The highest BCUT2D eigenvalue weighted by molar-refractivity contribution is 7.99. The summed E-state index contributed by atoms with van der Waals surface area (Å²) in [5.74, 6) is 2.42. The van der Waals surface area contributed by atoms with Crippen molar-refractivity contribution >= 4 is 11.8 Å². The molecule has 1 aromatic rings. The molecule has 0 spiro atoms. The monoisotopic (exact) mass is 254 g/mol. The lowest BCUT2D eigenvalue weighted by atomic mass is 9.79. The molecule has 0 saturated heterocycles. The van der Waals surface area contributed by atoms with E-state index in [-0.39, 0.29) is 6.04 Å². The second kappa shape index (κ2) is 5.40. The molecule has 3 N–H and O–H groups in total. The van der Waals surface area contributed by atoms with E-state index >= 15 is 0 Å². The molecule has 1 aromatic heterocycles. The van der Waals surface area contributed by atoms with Crippen LogP contribution >= 0.6 is 11.8 Å². The van der Waals surface area contributed by atoms with Gasteiger partial charge < -0.3 is 5.73 Å². The zero-order chi connectivity index (χ0) is 12.4. The van der Waals surface area contributed by atoms with E-state index in [1.54, 1.807) is 11.8 Å². The van der Waals surface area contributed by atoms with Gasteiger partial charge in [0.2, 0.25) is 5.16 Å². The molecule has 17 heavy (non-hydrogen) atoms. The molecule has 0 bridgehead atoms. The second-order valence-corrected chi connectivity index (χ2v) is 6.55. The molecule has 0 amide bonds. The van der Waals surface area contributed by atoms with E-state index in [2.05, 4.69) is 29.0 Å². The van der Waals surface area contributed by atoms with Gasteiger partial charge in [0.15, 0.2) is 0 Å². The number of thioether (sulfide) groups is 1. The summed E-state index contributed by atoms with van der Waals surface area (Å²) in [5, 5.41) is 8.37. The minimum atomic E-state index is 0.286. The summed E-state index contributed by atoms with van der Waals surface area (Å²) in [4.78, 5) is 4.35. The topological polar surface area (TPSA) is 67.6 Å². The molecule has 1 fully saturated rings. The standard InChI is InChI=1S/C12H22N4S/c1-7(2)9-4-5-10(13)11(6-9)17-12-14-8(3)15-16-12/h7,9-11H,4-6,13H2,1-3H3,(H,14,15,16). The Labute approximate surface area is 107 Å². The molecule has 2 rings (SSSR count). The molecule has 4 nitrogen and oxygen atoms in total. The maximum absolute atomic E-state index is 6.21. The van der Waals surface area contributed by atoms with Crippen molar-refractivity contribution in [3.8, 4) is 0 Å². The Morgan fingerprint density at radius 1 is 1.41 bits per heavy atom. The first-order valence-electron chi connectivity index (χ1n) is 6.37. The number of aromatic amines is 1.